The minimum Gasteiger partial charge on any atom is -0.340 e. The van der Waals surface area contributed by atoms with Crippen molar-refractivity contribution in [3.8, 4) is 0 Å². The van der Waals surface area contributed by atoms with E-state index < -0.39 is 0 Å². The van der Waals surface area contributed by atoms with E-state index in [1.807, 2.05) is 19.1 Å². The molecule has 1 heterocycles. The van der Waals surface area contributed by atoms with Crippen LogP contribution in [0.15, 0.2) is 48.5 Å². The second-order valence-electron chi connectivity index (χ2n) is 5.80. The molecule has 4 nitrogen and oxygen atoms in total. The van der Waals surface area contributed by atoms with Crippen molar-refractivity contribution in [1.29, 1.82) is 0 Å². The first-order valence-electron chi connectivity index (χ1n) is 7.72. The number of nitrogens with one attached hydrogen (secondary N) is 2. The van der Waals surface area contributed by atoms with Crippen LogP contribution in [0.2, 0.25) is 0 Å². The molecule has 0 atom stereocenters. The molecule has 0 aliphatic heterocycles. The van der Waals surface area contributed by atoms with E-state index in [4.69, 9.17) is 0 Å². The molecule has 0 amide bonds. The summed E-state index contributed by atoms with van der Waals surface area (Å²) in [6.07, 6.45) is 0. The first kappa shape index (κ1) is 15.9. The van der Waals surface area contributed by atoms with E-state index in [0.717, 1.165) is 16.9 Å². The Labute approximate surface area is 140 Å². The zero-order valence-electron chi connectivity index (χ0n) is 13.9. The summed E-state index contributed by atoms with van der Waals surface area (Å²) in [5.41, 5.74) is 4.78. The number of aromatic nitrogens is 2. The molecule has 5 heteroatoms. The van der Waals surface area contributed by atoms with Gasteiger partial charge in [-0.25, -0.2) is 9.37 Å². The van der Waals surface area contributed by atoms with Crippen LogP contribution in [0.3, 0.4) is 0 Å². The molecular formula is C19H19FN4. The van der Waals surface area contributed by atoms with E-state index in [9.17, 15) is 4.39 Å². The Balaban J connectivity index is 1.86. The molecule has 0 fully saturated rings. The number of benzene rings is 2. The highest BCUT2D eigenvalue weighted by atomic mass is 19.1. The highest BCUT2D eigenvalue weighted by Gasteiger charge is 2.06. The fourth-order valence-electron chi connectivity index (χ4n) is 2.48. The lowest BCUT2D eigenvalue weighted by Gasteiger charge is -2.12. The summed E-state index contributed by atoms with van der Waals surface area (Å²) < 4.78 is 13.3. The summed E-state index contributed by atoms with van der Waals surface area (Å²) in [4.78, 5) is 8.81. The van der Waals surface area contributed by atoms with Gasteiger partial charge in [-0.05, 0) is 50.6 Å². The second-order valence-corrected chi connectivity index (χ2v) is 5.80. The molecule has 0 saturated heterocycles. The van der Waals surface area contributed by atoms with Crippen LogP contribution in [0.25, 0.3) is 0 Å². The smallest absolute Gasteiger partial charge is 0.229 e. The van der Waals surface area contributed by atoms with Crippen molar-refractivity contribution < 1.29 is 4.39 Å². The van der Waals surface area contributed by atoms with Gasteiger partial charge in [-0.1, -0.05) is 23.8 Å². The quantitative estimate of drug-likeness (QED) is 0.707. The Kier molecular flexibility index (Phi) is 4.42. The Bertz CT molecular complexity index is 877. The molecule has 2 aromatic carbocycles. The minimum absolute atomic E-state index is 0.304. The maximum atomic E-state index is 13.3. The SMILES string of the molecule is Cc1ccc(Nc2cc(C)nc(Nc3cccc(F)c3)n2)c(C)c1. The van der Waals surface area contributed by atoms with Crippen molar-refractivity contribution in [2.24, 2.45) is 0 Å². The second kappa shape index (κ2) is 6.66. The molecule has 122 valence electrons. The van der Waals surface area contributed by atoms with E-state index >= 15 is 0 Å². The molecule has 0 spiro atoms. The van der Waals surface area contributed by atoms with Gasteiger partial charge in [-0.2, -0.15) is 4.98 Å². The summed E-state index contributed by atoms with van der Waals surface area (Å²) in [6.45, 7) is 6.01. The fraction of sp³-hybridized carbons (Fsp3) is 0.158. The zero-order chi connectivity index (χ0) is 17.1. The number of hydrogen-bond acceptors (Lipinski definition) is 4. The van der Waals surface area contributed by atoms with Gasteiger partial charge in [0.15, 0.2) is 0 Å². The van der Waals surface area contributed by atoms with Crippen molar-refractivity contribution in [3.05, 3.63) is 71.2 Å². The van der Waals surface area contributed by atoms with E-state index in [1.54, 1.807) is 12.1 Å². The molecule has 3 rings (SSSR count). The van der Waals surface area contributed by atoms with Crippen LogP contribution in [0.5, 0.6) is 0 Å². The van der Waals surface area contributed by atoms with Crippen molar-refractivity contribution in [2.75, 3.05) is 10.6 Å². The number of nitrogens with zero attached hydrogens (tertiary/aromatic N) is 2. The van der Waals surface area contributed by atoms with Crippen molar-refractivity contribution in [3.63, 3.8) is 0 Å². The van der Waals surface area contributed by atoms with E-state index in [-0.39, 0.29) is 5.82 Å². The first-order chi connectivity index (χ1) is 11.5. The Morgan fingerprint density at radius 1 is 0.875 bits per heavy atom. The summed E-state index contributed by atoms with van der Waals surface area (Å²) in [5.74, 6) is 0.808. The highest BCUT2D eigenvalue weighted by Crippen LogP contribution is 2.22. The average Bonchev–Trinajstić information content (AvgIpc) is 2.49. The predicted octanol–water partition coefficient (Wildman–Crippen LogP) is 5.03. The first-order valence-corrected chi connectivity index (χ1v) is 7.72. The van der Waals surface area contributed by atoms with E-state index in [0.29, 0.717) is 17.5 Å². The van der Waals surface area contributed by atoms with E-state index in [1.165, 1.54) is 17.7 Å². The van der Waals surface area contributed by atoms with Crippen LogP contribution in [0.4, 0.5) is 27.5 Å². The summed E-state index contributed by atoms with van der Waals surface area (Å²) in [7, 11) is 0. The van der Waals surface area contributed by atoms with Gasteiger partial charge in [0, 0.05) is 23.1 Å². The fourth-order valence-corrected chi connectivity index (χ4v) is 2.48. The van der Waals surface area contributed by atoms with Crippen LogP contribution in [0, 0.1) is 26.6 Å². The van der Waals surface area contributed by atoms with Crippen molar-refractivity contribution in [2.45, 2.75) is 20.8 Å². The third-order valence-corrected chi connectivity index (χ3v) is 3.58. The average molecular weight is 322 g/mol. The molecule has 0 saturated carbocycles. The summed E-state index contributed by atoms with van der Waals surface area (Å²) in [5, 5.41) is 6.35. The Morgan fingerprint density at radius 2 is 1.71 bits per heavy atom. The van der Waals surface area contributed by atoms with Crippen LogP contribution >= 0.6 is 0 Å². The number of halogens is 1. The predicted molar refractivity (Wildman–Crippen MR) is 95.7 cm³/mol. The molecule has 1 aromatic heterocycles. The lowest BCUT2D eigenvalue weighted by atomic mass is 10.1. The van der Waals surface area contributed by atoms with Crippen molar-refractivity contribution >= 4 is 23.1 Å². The van der Waals surface area contributed by atoms with Crippen LogP contribution in [0.1, 0.15) is 16.8 Å². The number of rotatable bonds is 4. The molecule has 0 aliphatic rings. The number of aryl methyl sites for hydroxylation is 3. The molecular weight excluding hydrogens is 303 g/mol. The molecule has 2 N–H and O–H groups in total. The topological polar surface area (TPSA) is 49.8 Å². The van der Waals surface area contributed by atoms with E-state index in [2.05, 4.69) is 46.6 Å². The molecule has 3 aromatic rings. The highest BCUT2D eigenvalue weighted by molar-refractivity contribution is 5.63. The van der Waals surface area contributed by atoms with Gasteiger partial charge >= 0.3 is 0 Å². The lowest BCUT2D eigenvalue weighted by Crippen LogP contribution is -2.03. The maximum Gasteiger partial charge on any atom is 0.229 e. The third kappa shape index (κ3) is 3.87. The van der Waals surface area contributed by atoms with Gasteiger partial charge in [0.25, 0.3) is 0 Å². The molecule has 24 heavy (non-hydrogen) atoms. The Morgan fingerprint density at radius 3 is 2.46 bits per heavy atom. The summed E-state index contributed by atoms with van der Waals surface area (Å²) >= 11 is 0. The lowest BCUT2D eigenvalue weighted by molar-refractivity contribution is 0.628. The summed E-state index contributed by atoms with van der Waals surface area (Å²) in [6, 6.07) is 14.3. The monoisotopic (exact) mass is 322 g/mol. The number of anilines is 4. The van der Waals surface area contributed by atoms with Gasteiger partial charge in [-0.3, -0.25) is 0 Å². The normalized spacial score (nSPS) is 10.5. The van der Waals surface area contributed by atoms with Crippen LogP contribution in [-0.2, 0) is 0 Å². The van der Waals surface area contributed by atoms with Gasteiger partial charge in [0.05, 0.1) is 0 Å². The Hall–Kier alpha value is -2.95. The minimum atomic E-state index is -0.304. The van der Waals surface area contributed by atoms with Gasteiger partial charge in [0.1, 0.15) is 11.6 Å². The molecule has 0 radical (unpaired) electrons. The standard InChI is InChI=1S/C19H19FN4/c1-12-7-8-17(13(2)9-12)23-18-10-14(3)21-19(24-18)22-16-6-4-5-15(20)11-16/h4-11H,1-3H3,(H2,21,22,23,24). The zero-order valence-corrected chi connectivity index (χ0v) is 13.9. The maximum absolute atomic E-state index is 13.3. The van der Waals surface area contributed by atoms with Gasteiger partial charge in [0.2, 0.25) is 5.95 Å². The molecule has 0 unspecified atom stereocenters. The molecule has 0 bridgehead atoms. The van der Waals surface area contributed by atoms with Crippen LogP contribution < -0.4 is 10.6 Å². The molecule has 0 aliphatic carbocycles. The van der Waals surface area contributed by atoms with Gasteiger partial charge < -0.3 is 10.6 Å². The number of hydrogen-bond donors (Lipinski definition) is 2. The van der Waals surface area contributed by atoms with Gasteiger partial charge in [-0.15, -0.1) is 0 Å². The largest absolute Gasteiger partial charge is 0.340 e. The third-order valence-electron chi connectivity index (χ3n) is 3.58. The van der Waals surface area contributed by atoms with Crippen molar-refractivity contribution in [1.82, 2.24) is 9.97 Å². The van der Waals surface area contributed by atoms with Crippen LogP contribution in [-0.4, -0.2) is 9.97 Å².